The van der Waals surface area contributed by atoms with Crippen LogP contribution in [-0.4, -0.2) is 47.6 Å². The van der Waals surface area contributed by atoms with Gasteiger partial charge >= 0.3 is 16.1 Å². The number of methoxy groups -OCH3 is 1. The Hall–Kier alpha value is -2.46. The predicted octanol–water partition coefficient (Wildman–Crippen LogP) is 1.21. The fourth-order valence-electron chi connectivity index (χ4n) is 3.05. The summed E-state index contributed by atoms with van der Waals surface area (Å²) in [4.78, 5) is 25.5. The zero-order valence-electron chi connectivity index (χ0n) is 15.4. The zero-order chi connectivity index (χ0) is 20.6. The molecule has 0 aliphatic carbocycles. The van der Waals surface area contributed by atoms with Crippen LogP contribution in [0.15, 0.2) is 52.8 Å². The van der Waals surface area contributed by atoms with E-state index in [1.165, 1.54) is 25.3 Å². The quantitative estimate of drug-likeness (QED) is 0.302. The van der Waals surface area contributed by atoms with Gasteiger partial charge in [0.1, 0.15) is 22.2 Å². The molecule has 0 saturated carbocycles. The number of hydrogen-bond donors (Lipinski definition) is 0. The highest BCUT2D eigenvalue weighted by atomic mass is 32.2. The van der Waals surface area contributed by atoms with E-state index in [1.807, 2.05) is 6.92 Å². The van der Waals surface area contributed by atoms with Crippen LogP contribution in [0.5, 0.6) is 0 Å². The molecule has 2 aliphatic rings. The summed E-state index contributed by atoms with van der Waals surface area (Å²) < 4.78 is 46.5. The second-order valence-electron chi connectivity index (χ2n) is 6.44. The summed E-state index contributed by atoms with van der Waals surface area (Å²) in [7, 11) is -4.30. The highest BCUT2D eigenvalue weighted by Crippen LogP contribution is 2.38. The number of ether oxygens (including phenoxy) is 1. The number of hydrogen-bond acceptors (Lipinski definition) is 7. The largest absolute Gasteiger partial charge is 0.464 e. The van der Waals surface area contributed by atoms with Gasteiger partial charge in [-0.2, -0.15) is 8.42 Å². The second-order valence-corrected chi connectivity index (χ2v) is 9.55. The Morgan fingerprint density at radius 2 is 1.93 bits per heavy atom. The number of aryl methyl sites for hydroxylation is 1. The molecule has 3 atom stereocenters. The Labute approximate surface area is 165 Å². The van der Waals surface area contributed by atoms with Crippen LogP contribution < -0.4 is 0 Å². The van der Waals surface area contributed by atoms with Gasteiger partial charge in [0.25, 0.3) is 0 Å². The van der Waals surface area contributed by atoms with Crippen molar-refractivity contribution in [3.8, 4) is 0 Å². The summed E-state index contributed by atoms with van der Waals surface area (Å²) in [6, 6.07) is 6.11. The summed E-state index contributed by atoms with van der Waals surface area (Å²) in [5.74, 6) is -1.57. The SMILES string of the molecule is COC(=O)C1=C(/C=C/OS(=O)(=O)c2ccc(C)cc2)CS(=O)C2C(C)C(=O)N12. The van der Waals surface area contributed by atoms with E-state index in [2.05, 4.69) is 0 Å². The van der Waals surface area contributed by atoms with Crippen LogP contribution in [0.3, 0.4) is 0 Å². The molecule has 3 rings (SSSR count). The minimum Gasteiger partial charge on any atom is -0.464 e. The van der Waals surface area contributed by atoms with E-state index in [4.69, 9.17) is 8.92 Å². The summed E-state index contributed by atoms with van der Waals surface area (Å²) in [5, 5.41) is -0.587. The molecule has 8 nitrogen and oxygen atoms in total. The number of nitrogens with zero attached hydrogens (tertiary/aromatic N) is 1. The van der Waals surface area contributed by atoms with Gasteiger partial charge in [0.05, 0.1) is 18.8 Å². The number of carbonyl (C=O) groups is 2. The number of β-lactam (4-membered cyclic amide) rings is 1. The molecule has 1 fully saturated rings. The summed E-state index contributed by atoms with van der Waals surface area (Å²) in [5.41, 5.74) is 1.07. The molecular weight excluding hydrogens is 406 g/mol. The Morgan fingerprint density at radius 1 is 1.29 bits per heavy atom. The minimum atomic E-state index is -4.05. The topological polar surface area (TPSA) is 107 Å². The van der Waals surface area contributed by atoms with Crippen LogP contribution >= 0.6 is 0 Å². The van der Waals surface area contributed by atoms with E-state index >= 15 is 0 Å². The van der Waals surface area contributed by atoms with Crippen molar-refractivity contribution in [1.82, 2.24) is 4.90 Å². The van der Waals surface area contributed by atoms with E-state index in [0.717, 1.165) is 16.7 Å². The predicted molar refractivity (Wildman–Crippen MR) is 100 cm³/mol. The van der Waals surface area contributed by atoms with Gasteiger partial charge in [-0.05, 0) is 30.7 Å². The van der Waals surface area contributed by atoms with Crippen LogP contribution in [-0.2, 0) is 39.4 Å². The number of carbonyl (C=O) groups excluding carboxylic acids is 2. The fourth-order valence-corrected chi connectivity index (χ4v) is 5.56. The fraction of sp³-hybridized carbons (Fsp3) is 0.333. The average molecular weight is 425 g/mol. The van der Waals surface area contributed by atoms with Crippen molar-refractivity contribution in [2.75, 3.05) is 12.9 Å². The first-order valence-electron chi connectivity index (χ1n) is 8.35. The molecule has 1 saturated heterocycles. The molecule has 3 unspecified atom stereocenters. The average Bonchev–Trinajstić information content (AvgIpc) is 2.66. The van der Waals surface area contributed by atoms with Crippen molar-refractivity contribution >= 4 is 32.8 Å². The van der Waals surface area contributed by atoms with Gasteiger partial charge in [-0.15, -0.1) is 0 Å². The van der Waals surface area contributed by atoms with Crippen LogP contribution in [0.25, 0.3) is 0 Å². The van der Waals surface area contributed by atoms with E-state index in [1.54, 1.807) is 19.1 Å². The zero-order valence-corrected chi connectivity index (χ0v) is 17.1. The van der Waals surface area contributed by atoms with Crippen molar-refractivity contribution in [2.24, 2.45) is 5.92 Å². The summed E-state index contributed by atoms with van der Waals surface area (Å²) >= 11 is 0. The third-order valence-electron chi connectivity index (χ3n) is 4.56. The highest BCUT2D eigenvalue weighted by molar-refractivity contribution is 7.87. The highest BCUT2D eigenvalue weighted by Gasteiger charge is 2.54. The van der Waals surface area contributed by atoms with Gasteiger partial charge in [-0.3, -0.25) is 13.9 Å². The van der Waals surface area contributed by atoms with Crippen molar-refractivity contribution in [2.45, 2.75) is 24.1 Å². The number of amides is 1. The third kappa shape index (κ3) is 3.49. The molecule has 2 aliphatic heterocycles. The maximum Gasteiger partial charge on any atom is 0.355 e. The van der Waals surface area contributed by atoms with E-state index < -0.39 is 38.2 Å². The third-order valence-corrected chi connectivity index (χ3v) is 7.53. The number of rotatable bonds is 5. The lowest BCUT2D eigenvalue weighted by Crippen LogP contribution is -2.64. The van der Waals surface area contributed by atoms with Gasteiger partial charge in [-0.25, -0.2) is 4.79 Å². The molecule has 0 bridgehead atoms. The maximum atomic E-state index is 12.4. The number of benzene rings is 1. The first-order chi connectivity index (χ1) is 13.2. The van der Waals surface area contributed by atoms with Crippen LogP contribution in [0.2, 0.25) is 0 Å². The minimum absolute atomic E-state index is 0.0202. The van der Waals surface area contributed by atoms with E-state index in [9.17, 15) is 22.2 Å². The van der Waals surface area contributed by atoms with Crippen LogP contribution in [0, 0.1) is 12.8 Å². The molecule has 0 N–H and O–H groups in total. The Kier molecular flexibility index (Phi) is 5.44. The normalized spacial score (nSPS) is 24.8. The Balaban J connectivity index is 1.89. The summed E-state index contributed by atoms with van der Waals surface area (Å²) in [6.45, 7) is 3.47. The van der Waals surface area contributed by atoms with Crippen molar-refractivity contribution in [3.05, 3.63) is 53.4 Å². The second kappa shape index (κ2) is 7.51. The van der Waals surface area contributed by atoms with Gasteiger partial charge in [0, 0.05) is 10.8 Å². The lowest BCUT2D eigenvalue weighted by Gasteiger charge is -2.47. The molecule has 150 valence electrons. The standard InChI is InChI=1S/C18H19NO7S2/c1-11-4-6-14(7-5-11)28(23,24)26-9-8-13-10-27(22)17-12(2)16(20)19(17)15(13)18(21)25-3/h4-9,12,17H,10H2,1-3H3/b9-8+. The van der Waals surface area contributed by atoms with Gasteiger partial charge < -0.3 is 8.92 Å². The van der Waals surface area contributed by atoms with Crippen LogP contribution in [0.1, 0.15) is 12.5 Å². The molecular formula is C18H19NO7S2. The number of fused-ring (bicyclic) bond motifs is 1. The Morgan fingerprint density at radius 3 is 2.54 bits per heavy atom. The summed E-state index contributed by atoms with van der Waals surface area (Å²) in [6.07, 6.45) is 2.13. The Bertz CT molecular complexity index is 1010. The van der Waals surface area contributed by atoms with E-state index in [-0.39, 0.29) is 27.8 Å². The van der Waals surface area contributed by atoms with Crippen molar-refractivity contribution < 1.29 is 31.1 Å². The lowest BCUT2D eigenvalue weighted by atomic mass is 9.97. The number of allylic oxidation sites excluding steroid dienone is 1. The van der Waals surface area contributed by atoms with Gasteiger partial charge in [-0.1, -0.05) is 24.6 Å². The molecule has 0 radical (unpaired) electrons. The molecule has 1 aromatic carbocycles. The first-order valence-corrected chi connectivity index (χ1v) is 11.1. The molecule has 1 amide bonds. The van der Waals surface area contributed by atoms with Gasteiger partial charge in [0.2, 0.25) is 5.91 Å². The maximum absolute atomic E-state index is 12.4. The molecule has 28 heavy (non-hydrogen) atoms. The monoisotopic (exact) mass is 425 g/mol. The molecule has 1 aromatic rings. The molecule has 2 heterocycles. The van der Waals surface area contributed by atoms with Crippen molar-refractivity contribution in [1.29, 1.82) is 0 Å². The molecule has 10 heteroatoms. The smallest absolute Gasteiger partial charge is 0.355 e. The van der Waals surface area contributed by atoms with E-state index in [0.29, 0.717) is 0 Å². The first kappa shape index (κ1) is 20.3. The number of esters is 1. The van der Waals surface area contributed by atoms with Gasteiger partial charge in [0.15, 0.2) is 0 Å². The molecule has 0 spiro atoms. The van der Waals surface area contributed by atoms with Crippen molar-refractivity contribution in [3.63, 3.8) is 0 Å². The molecule has 0 aromatic heterocycles. The van der Waals surface area contributed by atoms with Crippen LogP contribution in [0.4, 0.5) is 0 Å². The lowest BCUT2D eigenvalue weighted by molar-refractivity contribution is -0.152.